The second kappa shape index (κ2) is 5.95. The van der Waals surface area contributed by atoms with Crippen molar-refractivity contribution in [2.75, 3.05) is 31.1 Å². The molecule has 0 aliphatic carbocycles. The maximum absolute atomic E-state index is 12.4. The first-order valence-electron chi connectivity index (χ1n) is 7.10. The van der Waals surface area contributed by atoms with E-state index in [9.17, 15) is 4.79 Å². The summed E-state index contributed by atoms with van der Waals surface area (Å²) < 4.78 is 0. The number of benzene rings is 1. The zero-order chi connectivity index (χ0) is 14.7. The molecule has 2 heterocycles. The summed E-state index contributed by atoms with van der Waals surface area (Å²) in [5.41, 5.74) is 2.77. The van der Waals surface area contributed by atoms with Crippen LogP contribution in [0, 0.1) is 6.92 Å². The smallest absolute Gasteiger partial charge is 0.253 e. The van der Waals surface area contributed by atoms with Gasteiger partial charge in [0.15, 0.2) is 0 Å². The Balaban J connectivity index is 1.63. The summed E-state index contributed by atoms with van der Waals surface area (Å²) in [5, 5.41) is 0. The van der Waals surface area contributed by atoms with Crippen LogP contribution in [0.4, 0.5) is 5.69 Å². The van der Waals surface area contributed by atoms with Gasteiger partial charge in [-0.05, 0) is 36.8 Å². The summed E-state index contributed by atoms with van der Waals surface area (Å²) >= 11 is 0. The zero-order valence-corrected chi connectivity index (χ0v) is 11.9. The first kappa shape index (κ1) is 13.6. The molecule has 0 atom stereocenters. The number of amides is 1. The fraction of sp³-hybridized carbons (Fsp3) is 0.235. The van der Waals surface area contributed by atoms with E-state index in [0.717, 1.165) is 43.0 Å². The maximum atomic E-state index is 12.4. The van der Waals surface area contributed by atoms with Crippen LogP contribution in [0.2, 0.25) is 0 Å². The molecule has 21 heavy (non-hydrogen) atoms. The standard InChI is InChI=1S/C17H18N3O/c1-14-4-6-15(7-5-14)17(21)20-11-9-19(10-12-20)16-3-2-8-18-13-16/h2-8,13H,1,9-12H2. The third kappa shape index (κ3) is 3.05. The van der Waals surface area contributed by atoms with Gasteiger partial charge in [-0.2, -0.15) is 0 Å². The van der Waals surface area contributed by atoms with Gasteiger partial charge in [0.25, 0.3) is 5.91 Å². The van der Waals surface area contributed by atoms with Crippen molar-refractivity contribution < 1.29 is 4.79 Å². The Morgan fingerprint density at radius 2 is 1.76 bits per heavy atom. The number of pyridine rings is 1. The van der Waals surface area contributed by atoms with Gasteiger partial charge in [-0.3, -0.25) is 9.78 Å². The van der Waals surface area contributed by atoms with Crippen LogP contribution >= 0.6 is 0 Å². The molecule has 0 spiro atoms. The molecular weight excluding hydrogens is 262 g/mol. The number of aromatic nitrogens is 1. The van der Waals surface area contributed by atoms with E-state index in [1.807, 2.05) is 41.4 Å². The number of hydrogen-bond acceptors (Lipinski definition) is 3. The van der Waals surface area contributed by atoms with Crippen LogP contribution in [-0.4, -0.2) is 42.0 Å². The number of rotatable bonds is 2. The second-order valence-corrected chi connectivity index (χ2v) is 5.19. The van der Waals surface area contributed by atoms with E-state index in [1.165, 1.54) is 0 Å². The normalized spacial score (nSPS) is 15.1. The largest absolute Gasteiger partial charge is 0.367 e. The lowest BCUT2D eigenvalue weighted by molar-refractivity contribution is 0.0747. The molecule has 2 aromatic rings. The molecule has 4 nitrogen and oxygen atoms in total. The molecule has 1 aromatic heterocycles. The molecule has 1 saturated heterocycles. The molecule has 107 valence electrons. The van der Waals surface area contributed by atoms with Crippen molar-refractivity contribution in [3.8, 4) is 0 Å². The van der Waals surface area contributed by atoms with E-state index >= 15 is 0 Å². The van der Waals surface area contributed by atoms with E-state index in [-0.39, 0.29) is 5.91 Å². The molecule has 3 rings (SSSR count). The van der Waals surface area contributed by atoms with Gasteiger partial charge in [0.2, 0.25) is 0 Å². The van der Waals surface area contributed by atoms with Crippen molar-refractivity contribution in [2.24, 2.45) is 0 Å². The Morgan fingerprint density at radius 1 is 1.05 bits per heavy atom. The van der Waals surface area contributed by atoms with Gasteiger partial charge in [0.05, 0.1) is 11.9 Å². The highest BCUT2D eigenvalue weighted by Gasteiger charge is 2.22. The molecule has 1 aromatic carbocycles. The fourth-order valence-electron chi connectivity index (χ4n) is 2.54. The molecule has 0 saturated carbocycles. The van der Waals surface area contributed by atoms with Crippen molar-refractivity contribution in [2.45, 2.75) is 0 Å². The minimum absolute atomic E-state index is 0.0980. The summed E-state index contributed by atoms with van der Waals surface area (Å²) in [5.74, 6) is 0.0980. The Morgan fingerprint density at radius 3 is 2.38 bits per heavy atom. The summed E-state index contributed by atoms with van der Waals surface area (Å²) in [6.45, 7) is 6.99. The van der Waals surface area contributed by atoms with Gasteiger partial charge in [0.1, 0.15) is 0 Å². The van der Waals surface area contributed by atoms with Crippen LogP contribution in [0.5, 0.6) is 0 Å². The molecule has 1 aliphatic heterocycles. The van der Waals surface area contributed by atoms with E-state index in [4.69, 9.17) is 0 Å². The SMILES string of the molecule is [CH2]c1ccc(C(=O)N2CCN(c3cccnc3)CC2)cc1. The highest BCUT2D eigenvalue weighted by atomic mass is 16.2. The minimum Gasteiger partial charge on any atom is -0.367 e. The lowest BCUT2D eigenvalue weighted by atomic mass is 10.1. The van der Waals surface area contributed by atoms with Crippen molar-refractivity contribution in [3.63, 3.8) is 0 Å². The third-order valence-electron chi connectivity index (χ3n) is 3.78. The van der Waals surface area contributed by atoms with E-state index < -0.39 is 0 Å². The lowest BCUT2D eigenvalue weighted by Gasteiger charge is -2.36. The number of piperazine rings is 1. The summed E-state index contributed by atoms with van der Waals surface area (Å²) in [7, 11) is 0. The topological polar surface area (TPSA) is 36.4 Å². The number of carbonyl (C=O) groups is 1. The van der Waals surface area contributed by atoms with Crippen molar-refractivity contribution in [3.05, 3.63) is 66.8 Å². The molecule has 0 bridgehead atoms. The molecule has 0 unspecified atom stereocenters. The highest BCUT2D eigenvalue weighted by molar-refractivity contribution is 5.94. The van der Waals surface area contributed by atoms with Crippen molar-refractivity contribution in [1.29, 1.82) is 0 Å². The molecule has 1 amide bonds. The molecule has 1 aliphatic rings. The number of hydrogen-bond donors (Lipinski definition) is 0. The average molecular weight is 280 g/mol. The summed E-state index contributed by atoms with van der Waals surface area (Å²) in [6.07, 6.45) is 3.64. The van der Waals surface area contributed by atoms with Crippen molar-refractivity contribution >= 4 is 11.6 Å². The van der Waals surface area contributed by atoms with Crippen LogP contribution in [0.15, 0.2) is 48.8 Å². The van der Waals surface area contributed by atoms with E-state index in [2.05, 4.69) is 22.9 Å². The predicted octanol–water partition coefficient (Wildman–Crippen LogP) is 2.23. The minimum atomic E-state index is 0.0980. The first-order valence-corrected chi connectivity index (χ1v) is 7.10. The van der Waals surface area contributed by atoms with Crippen LogP contribution in [0.3, 0.4) is 0 Å². The Hall–Kier alpha value is -2.36. The summed E-state index contributed by atoms with van der Waals surface area (Å²) in [4.78, 5) is 20.7. The molecule has 4 heteroatoms. The molecule has 0 N–H and O–H groups in total. The molecule has 1 fully saturated rings. The van der Waals surface area contributed by atoms with E-state index in [0.29, 0.717) is 0 Å². The highest BCUT2D eigenvalue weighted by Crippen LogP contribution is 2.16. The Labute approximate surface area is 125 Å². The predicted molar refractivity (Wildman–Crippen MR) is 83.3 cm³/mol. The van der Waals surface area contributed by atoms with Crippen molar-refractivity contribution in [1.82, 2.24) is 9.88 Å². The quantitative estimate of drug-likeness (QED) is 0.846. The van der Waals surface area contributed by atoms with Crippen LogP contribution in [-0.2, 0) is 0 Å². The number of anilines is 1. The maximum Gasteiger partial charge on any atom is 0.253 e. The van der Waals surface area contributed by atoms with Crippen LogP contribution in [0.25, 0.3) is 0 Å². The average Bonchev–Trinajstić information content (AvgIpc) is 2.56. The van der Waals surface area contributed by atoms with Gasteiger partial charge in [-0.15, -0.1) is 0 Å². The van der Waals surface area contributed by atoms with E-state index in [1.54, 1.807) is 6.20 Å². The Bertz CT molecular complexity index is 602. The number of carbonyl (C=O) groups excluding carboxylic acids is 1. The zero-order valence-electron chi connectivity index (χ0n) is 11.9. The van der Waals surface area contributed by atoms with Crippen LogP contribution in [0.1, 0.15) is 15.9 Å². The number of nitrogens with zero attached hydrogens (tertiary/aromatic N) is 3. The lowest BCUT2D eigenvalue weighted by Crippen LogP contribution is -2.48. The van der Waals surface area contributed by atoms with Crippen LogP contribution < -0.4 is 4.90 Å². The first-order chi connectivity index (χ1) is 10.2. The van der Waals surface area contributed by atoms with Gasteiger partial charge in [-0.25, -0.2) is 0 Å². The third-order valence-corrected chi connectivity index (χ3v) is 3.78. The summed E-state index contributed by atoms with van der Waals surface area (Å²) in [6, 6.07) is 11.4. The van der Waals surface area contributed by atoms with Gasteiger partial charge >= 0.3 is 0 Å². The molecule has 1 radical (unpaired) electrons. The van der Waals surface area contributed by atoms with Gasteiger partial charge < -0.3 is 9.80 Å². The Kier molecular flexibility index (Phi) is 3.86. The fourth-order valence-corrected chi connectivity index (χ4v) is 2.54. The monoisotopic (exact) mass is 280 g/mol. The van der Waals surface area contributed by atoms with Gasteiger partial charge in [-0.1, -0.05) is 12.1 Å². The molecular formula is C17H18N3O. The van der Waals surface area contributed by atoms with Gasteiger partial charge in [0, 0.05) is 37.9 Å². The second-order valence-electron chi connectivity index (χ2n) is 5.19.